The lowest BCUT2D eigenvalue weighted by molar-refractivity contribution is -0.135. The third kappa shape index (κ3) is 5.50. The Balaban J connectivity index is 2.54. The summed E-state index contributed by atoms with van der Waals surface area (Å²) in [4.78, 5) is 4.00. The Morgan fingerprint density at radius 2 is 2.12 bits per heavy atom. The first-order valence-corrected chi connectivity index (χ1v) is 6.06. The van der Waals surface area contributed by atoms with Crippen molar-refractivity contribution in [1.29, 1.82) is 0 Å². The Bertz CT molecular complexity index is 355. The molecule has 1 heterocycles. The van der Waals surface area contributed by atoms with Gasteiger partial charge >= 0.3 is 6.18 Å². The highest BCUT2D eigenvalue weighted by atomic mass is 79.9. The predicted octanol–water partition coefficient (Wildman–Crippen LogP) is 3.84. The van der Waals surface area contributed by atoms with E-state index in [0.29, 0.717) is 6.42 Å². The minimum atomic E-state index is -4.08. The number of alkyl halides is 3. The molecule has 0 saturated heterocycles. The standard InChI is InChI=1S/C11H14BrF3N2/c1-16-10(3-2-4-11(13,14)15)8-5-9(12)7-17-6-8/h5-7,10,16H,2-4H2,1H3. The van der Waals surface area contributed by atoms with Crippen LogP contribution in [0.4, 0.5) is 13.2 Å². The number of nitrogens with one attached hydrogen (secondary N) is 1. The number of halogens is 4. The van der Waals surface area contributed by atoms with Crippen LogP contribution >= 0.6 is 15.9 Å². The number of pyridine rings is 1. The van der Waals surface area contributed by atoms with Gasteiger partial charge in [0.05, 0.1) is 0 Å². The van der Waals surface area contributed by atoms with Crippen LogP contribution in [0.3, 0.4) is 0 Å². The first kappa shape index (κ1) is 14.4. The lowest BCUT2D eigenvalue weighted by atomic mass is 10.0. The maximum Gasteiger partial charge on any atom is 0.389 e. The molecule has 0 fully saturated rings. The van der Waals surface area contributed by atoms with Gasteiger partial charge < -0.3 is 5.32 Å². The predicted molar refractivity (Wildman–Crippen MR) is 63.6 cm³/mol. The van der Waals surface area contributed by atoms with Gasteiger partial charge in [0.1, 0.15) is 0 Å². The molecule has 1 aromatic heterocycles. The van der Waals surface area contributed by atoms with Crippen LogP contribution in [-0.2, 0) is 0 Å². The van der Waals surface area contributed by atoms with Gasteiger partial charge in [-0.2, -0.15) is 13.2 Å². The normalized spacial score (nSPS) is 13.7. The van der Waals surface area contributed by atoms with Crippen molar-refractivity contribution in [3.8, 4) is 0 Å². The zero-order valence-corrected chi connectivity index (χ0v) is 11.0. The van der Waals surface area contributed by atoms with Gasteiger partial charge in [-0.1, -0.05) is 0 Å². The smallest absolute Gasteiger partial charge is 0.313 e. The molecule has 0 aliphatic heterocycles. The van der Waals surface area contributed by atoms with Gasteiger partial charge in [0, 0.05) is 29.3 Å². The Hall–Kier alpha value is -0.620. The van der Waals surface area contributed by atoms with Crippen LogP contribution in [0.15, 0.2) is 22.9 Å². The summed E-state index contributed by atoms with van der Waals surface area (Å²) in [6, 6.07) is 1.77. The second-order valence-electron chi connectivity index (χ2n) is 3.79. The van der Waals surface area contributed by atoms with E-state index in [1.54, 1.807) is 19.4 Å². The van der Waals surface area contributed by atoms with E-state index in [4.69, 9.17) is 0 Å². The van der Waals surface area contributed by atoms with E-state index in [1.807, 2.05) is 6.07 Å². The Morgan fingerprint density at radius 3 is 2.65 bits per heavy atom. The minimum Gasteiger partial charge on any atom is -0.313 e. The third-order valence-electron chi connectivity index (χ3n) is 2.43. The molecule has 0 aliphatic carbocycles. The molecule has 0 saturated carbocycles. The lowest BCUT2D eigenvalue weighted by Crippen LogP contribution is -2.17. The largest absolute Gasteiger partial charge is 0.389 e. The summed E-state index contributed by atoms with van der Waals surface area (Å²) in [6.07, 6.45) is -0.957. The SMILES string of the molecule is CNC(CCCC(F)(F)F)c1cncc(Br)c1. The van der Waals surface area contributed by atoms with Crippen molar-refractivity contribution in [2.24, 2.45) is 0 Å². The molecule has 96 valence electrons. The number of nitrogens with zero attached hydrogens (tertiary/aromatic N) is 1. The molecule has 1 aromatic rings. The Morgan fingerprint density at radius 1 is 1.41 bits per heavy atom. The fraction of sp³-hybridized carbons (Fsp3) is 0.545. The molecule has 1 rings (SSSR count). The molecule has 0 amide bonds. The summed E-state index contributed by atoms with van der Waals surface area (Å²) < 4.78 is 36.9. The highest BCUT2D eigenvalue weighted by Gasteiger charge is 2.26. The van der Waals surface area contributed by atoms with Crippen molar-refractivity contribution in [1.82, 2.24) is 10.3 Å². The molecule has 0 spiro atoms. The first-order valence-electron chi connectivity index (χ1n) is 5.27. The number of aromatic nitrogens is 1. The minimum absolute atomic E-state index is 0.0950. The van der Waals surface area contributed by atoms with E-state index in [1.165, 1.54) is 0 Å². The summed E-state index contributed by atoms with van der Waals surface area (Å²) in [7, 11) is 1.74. The second kappa shape index (κ2) is 6.35. The average molecular weight is 311 g/mol. The van der Waals surface area contributed by atoms with Crippen LogP contribution in [0, 0.1) is 0 Å². The van der Waals surface area contributed by atoms with Crippen molar-refractivity contribution in [2.75, 3.05) is 7.05 Å². The molecule has 1 unspecified atom stereocenters. The molecule has 0 aliphatic rings. The summed E-state index contributed by atoms with van der Waals surface area (Å²) in [6.45, 7) is 0. The van der Waals surface area contributed by atoms with Crippen molar-refractivity contribution >= 4 is 15.9 Å². The monoisotopic (exact) mass is 310 g/mol. The second-order valence-corrected chi connectivity index (χ2v) is 4.70. The molecule has 17 heavy (non-hydrogen) atoms. The van der Waals surface area contributed by atoms with Crippen molar-refractivity contribution in [2.45, 2.75) is 31.5 Å². The van der Waals surface area contributed by atoms with E-state index >= 15 is 0 Å². The van der Waals surface area contributed by atoms with Crippen LogP contribution in [0.25, 0.3) is 0 Å². The van der Waals surface area contributed by atoms with Crippen molar-refractivity contribution < 1.29 is 13.2 Å². The molecule has 0 bridgehead atoms. The van der Waals surface area contributed by atoms with Crippen LogP contribution < -0.4 is 5.32 Å². The zero-order chi connectivity index (χ0) is 12.9. The molecule has 6 heteroatoms. The van der Waals surface area contributed by atoms with Crippen LogP contribution in [0.2, 0.25) is 0 Å². The summed E-state index contributed by atoms with van der Waals surface area (Å²) in [5.74, 6) is 0. The van der Waals surface area contributed by atoms with E-state index in [0.717, 1.165) is 10.0 Å². The number of hydrogen-bond acceptors (Lipinski definition) is 2. The van der Waals surface area contributed by atoms with Crippen LogP contribution in [0.5, 0.6) is 0 Å². The molecule has 0 aromatic carbocycles. The van der Waals surface area contributed by atoms with Crippen molar-refractivity contribution in [3.05, 3.63) is 28.5 Å². The van der Waals surface area contributed by atoms with Crippen LogP contribution in [-0.4, -0.2) is 18.2 Å². The van der Waals surface area contributed by atoms with E-state index in [-0.39, 0.29) is 12.5 Å². The summed E-state index contributed by atoms with van der Waals surface area (Å²) >= 11 is 3.29. The highest BCUT2D eigenvalue weighted by molar-refractivity contribution is 9.10. The quantitative estimate of drug-likeness (QED) is 0.894. The Labute approximate surface area is 107 Å². The van der Waals surface area contributed by atoms with Gasteiger partial charge in [-0.3, -0.25) is 4.98 Å². The van der Waals surface area contributed by atoms with E-state index in [9.17, 15) is 13.2 Å². The maximum atomic E-state index is 12.0. The number of hydrogen-bond donors (Lipinski definition) is 1. The fourth-order valence-corrected chi connectivity index (χ4v) is 1.99. The first-order chi connectivity index (χ1) is 7.92. The molecular formula is C11H14BrF3N2. The number of rotatable bonds is 5. The molecule has 0 radical (unpaired) electrons. The topological polar surface area (TPSA) is 24.9 Å². The van der Waals surface area contributed by atoms with Gasteiger partial charge in [-0.25, -0.2) is 0 Å². The lowest BCUT2D eigenvalue weighted by Gasteiger charge is -2.16. The fourth-order valence-electron chi connectivity index (χ4n) is 1.60. The van der Waals surface area contributed by atoms with E-state index < -0.39 is 12.6 Å². The molecule has 1 N–H and O–H groups in total. The summed E-state index contributed by atoms with van der Waals surface area (Å²) in [5.41, 5.74) is 0.893. The Kier molecular flexibility index (Phi) is 5.39. The molecule has 2 nitrogen and oxygen atoms in total. The average Bonchev–Trinajstić information content (AvgIpc) is 2.23. The van der Waals surface area contributed by atoms with Gasteiger partial charge in [0.15, 0.2) is 0 Å². The maximum absolute atomic E-state index is 12.0. The molecular weight excluding hydrogens is 297 g/mol. The van der Waals surface area contributed by atoms with Crippen LogP contribution in [0.1, 0.15) is 30.9 Å². The third-order valence-corrected chi connectivity index (χ3v) is 2.86. The van der Waals surface area contributed by atoms with Crippen molar-refractivity contribution in [3.63, 3.8) is 0 Å². The zero-order valence-electron chi connectivity index (χ0n) is 9.39. The van der Waals surface area contributed by atoms with Gasteiger partial charge in [0.25, 0.3) is 0 Å². The summed E-state index contributed by atoms with van der Waals surface area (Å²) in [5, 5.41) is 3.00. The molecule has 1 atom stereocenters. The van der Waals surface area contributed by atoms with Gasteiger partial charge in [-0.15, -0.1) is 0 Å². The van der Waals surface area contributed by atoms with Gasteiger partial charge in [0.2, 0.25) is 0 Å². The highest BCUT2D eigenvalue weighted by Crippen LogP contribution is 2.26. The van der Waals surface area contributed by atoms with E-state index in [2.05, 4.69) is 26.2 Å². The van der Waals surface area contributed by atoms with Gasteiger partial charge in [-0.05, 0) is 47.4 Å².